The van der Waals surface area contributed by atoms with E-state index in [0.29, 0.717) is 17.5 Å². The Morgan fingerprint density at radius 2 is 1.77 bits per heavy atom. The monoisotopic (exact) mass is 358 g/mol. The van der Waals surface area contributed by atoms with Crippen molar-refractivity contribution in [2.24, 2.45) is 5.92 Å². The third-order valence-electron chi connectivity index (χ3n) is 4.22. The first-order valence-electron chi connectivity index (χ1n) is 8.69. The summed E-state index contributed by atoms with van der Waals surface area (Å²) in [6, 6.07) is 6.48. The van der Waals surface area contributed by atoms with Crippen molar-refractivity contribution in [3.8, 4) is 0 Å². The van der Waals surface area contributed by atoms with Crippen molar-refractivity contribution in [3.05, 3.63) is 48.0 Å². The van der Waals surface area contributed by atoms with Gasteiger partial charge in [0.2, 0.25) is 0 Å². The van der Waals surface area contributed by atoms with Crippen molar-refractivity contribution in [1.29, 1.82) is 0 Å². The first kappa shape index (κ1) is 19.7. The van der Waals surface area contributed by atoms with E-state index in [1.54, 1.807) is 51.1 Å². The molecule has 0 unspecified atom stereocenters. The van der Waals surface area contributed by atoms with E-state index >= 15 is 0 Å². The highest BCUT2D eigenvalue weighted by atomic mass is 16.6. The van der Waals surface area contributed by atoms with Gasteiger partial charge in [-0.2, -0.15) is 0 Å². The molecule has 2 rings (SSSR count). The van der Waals surface area contributed by atoms with Gasteiger partial charge in [0.1, 0.15) is 5.60 Å². The van der Waals surface area contributed by atoms with Crippen molar-refractivity contribution in [2.45, 2.75) is 45.8 Å². The summed E-state index contributed by atoms with van der Waals surface area (Å²) in [5, 5.41) is 2.79. The molecule has 26 heavy (non-hydrogen) atoms. The SMILES string of the molecule is C=CC[C@@H](CN1C(=O)c2ccccc2C1=O)[C@@H](C)NC(=O)OC(C)(C)C. The van der Waals surface area contributed by atoms with E-state index in [-0.39, 0.29) is 30.3 Å². The molecule has 0 bridgehead atoms. The molecule has 0 saturated heterocycles. The lowest BCUT2D eigenvalue weighted by Crippen LogP contribution is -2.46. The van der Waals surface area contributed by atoms with Gasteiger partial charge in [-0.25, -0.2) is 4.79 Å². The van der Waals surface area contributed by atoms with Gasteiger partial charge >= 0.3 is 6.09 Å². The summed E-state index contributed by atoms with van der Waals surface area (Å²) < 4.78 is 5.28. The Hall–Kier alpha value is -2.63. The van der Waals surface area contributed by atoms with Gasteiger partial charge in [0, 0.05) is 18.5 Å². The summed E-state index contributed by atoms with van der Waals surface area (Å²) >= 11 is 0. The molecule has 2 atom stereocenters. The lowest BCUT2D eigenvalue weighted by atomic mass is 9.96. The minimum atomic E-state index is -0.597. The van der Waals surface area contributed by atoms with Crippen LogP contribution >= 0.6 is 0 Å². The Kier molecular flexibility index (Phi) is 5.85. The highest BCUT2D eigenvalue weighted by Crippen LogP contribution is 2.25. The van der Waals surface area contributed by atoms with Crippen LogP contribution in [0.5, 0.6) is 0 Å². The van der Waals surface area contributed by atoms with E-state index in [2.05, 4.69) is 11.9 Å². The maximum absolute atomic E-state index is 12.5. The smallest absolute Gasteiger partial charge is 0.407 e. The number of alkyl carbamates (subject to hydrolysis) is 1. The Morgan fingerprint density at radius 3 is 2.23 bits per heavy atom. The first-order valence-corrected chi connectivity index (χ1v) is 8.69. The molecule has 6 nitrogen and oxygen atoms in total. The summed E-state index contributed by atoms with van der Waals surface area (Å²) in [5.41, 5.74) is 0.241. The third-order valence-corrected chi connectivity index (χ3v) is 4.22. The summed E-state index contributed by atoms with van der Waals surface area (Å²) in [4.78, 5) is 38.4. The number of allylic oxidation sites excluding steroid dienone is 1. The molecule has 1 aliphatic rings. The number of benzene rings is 1. The van der Waals surface area contributed by atoms with Crippen LogP contribution in [0, 0.1) is 5.92 Å². The highest BCUT2D eigenvalue weighted by molar-refractivity contribution is 6.21. The molecule has 1 aromatic rings. The average Bonchev–Trinajstić information content (AvgIpc) is 2.77. The number of carbonyl (C=O) groups excluding carboxylic acids is 3. The van der Waals surface area contributed by atoms with Gasteiger partial charge in [-0.1, -0.05) is 18.2 Å². The Labute approximate surface area is 154 Å². The zero-order valence-corrected chi connectivity index (χ0v) is 15.7. The molecule has 1 aliphatic heterocycles. The van der Waals surface area contributed by atoms with Gasteiger partial charge in [-0.3, -0.25) is 14.5 Å². The second-order valence-electron chi connectivity index (χ2n) is 7.49. The average molecular weight is 358 g/mol. The molecular formula is C20H26N2O4. The third kappa shape index (κ3) is 4.50. The number of hydrogen-bond acceptors (Lipinski definition) is 4. The normalized spacial score (nSPS) is 16.1. The molecule has 0 saturated carbocycles. The summed E-state index contributed by atoms with van der Waals surface area (Å²) in [6.45, 7) is 11.1. The number of ether oxygens (including phenoxy) is 1. The second-order valence-corrected chi connectivity index (χ2v) is 7.49. The maximum atomic E-state index is 12.5. The zero-order chi connectivity index (χ0) is 19.5. The van der Waals surface area contributed by atoms with Crippen molar-refractivity contribution in [3.63, 3.8) is 0 Å². The molecule has 1 aromatic carbocycles. The molecule has 0 spiro atoms. The second kappa shape index (κ2) is 7.72. The van der Waals surface area contributed by atoms with Crippen LogP contribution in [0.3, 0.4) is 0 Å². The van der Waals surface area contributed by atoms with E-state index in [0.717, 1.165) is 0 Å². The molecule has 0 fully saturated rings. The van der Waals surface area contributed by atoms with Crippen molar-refractivity contribution in [1.82, 2.24) is 10.2 Å². The van der Waals surface area contributed by atoms with Gasteiger partial charge in [0.25, 0.3) is 11.8 Å². The molecule has 3 amide bonds. The highest BCUT2D eigenvalue weighted by Gasteiger charge is 2.37. The Bertz CT molecular complexity index is 686. The minimum absolute atomic E-state index is 0.165. The van der Waals surface area contributed by atoms with Crippen LogP contribution in [0.1, 0.15) is 54.8 Å². The number of carbonyl (C=O) groups is 3. The number of nitrogens with zero attached hydrogens (tertiary/aromatic N) is 1. The molecule has 0 radical (unpaired) electrons. The fourth-order valence-electron chi connectivity index (χ4n) is 2.90. The molecule has 6 heteroatoms. The van der Waals surface area contributed by atoms with E-state index in [9.17, 15) is 14.4 Å². The number of fused-ring (bicyclic) bond motifs is 1. The largest absolute Gasteiger partial charge is 0.444 e. The standard InChI is InChI=1S/C20H26N2O4/c1-6-9-14(13(2)21-19(25)26-20(3,4)5)12-22-17(23)15-10-7-8-11-16(15)18(22)24/h6-8,10-11,13-14H,1,9,12H2,2-5H3,(H,21,25)/t13-,14+/m1/s1. The summed E-state index contributed by atoms with van der Waals surface area (Å²) in [7, 11) is 0. The van der Waals surface area contributed by atoms with Crippen LogP contribution in [0.2, 0.25) is 0 Å². The lowest BCUT2D eigenvalue weighted by molar-refractivity contribution is 0.0481. The molecule has 0 aromatic heterocycles. The van der Waals surface area contributed by atoms with Crippen LogP contribution in [-0.2, 0) is 4.74 Å². The van der Waals surface area contributed by atoms with Crippen LogP contribution in [0.4, 0.5) is 4.79 Å². The summed E-state index contributed by atoms with van der Waals surface area (Å²) in [6.07, 6.45) is 1.74. The van der Waals surface area contributed by atoms with E-state index < -0.39 is 11.7 Å². The lowest BCUT2D eigenvalue weighted by Gasteiger charge is -2.28. The molecule has 1 heterocycles. The van der Waals surface area contributed by atoms with Crippen molar-refractivity contribution in [2.75, 3.05) is 6.54 Å². The van der Waals surface area contributed by atoms with Crippen molar-refractivity contribution < 1.29 is 19.1 Å². The minimum Gasteiger partial charge on any atom is -0.444 e. The first-order chi connectivity index (χ1) is 12.1. The van der Waals surface area contributed by atoms with Crippen LogP contribution in [0.25, 0.3) is 0 Å². The predicted molar refractivity (Wildman–Crippen MR) is 98.9 cm³/mol. The predicted octanol–water partition coefficient (Wildman–Crippen LogP) is 3.39. The number of amides is 3. The van der Waals surface area contributed by atoms with Gasteiger partial charge in [0.05, 0.1) is 11.1 Å². The zero-order valence-electron chi connectivity index (χ0n) is 15.7. The van der Waals surface area contributed by atoms with Crippen LogP contribution in [-0.4, -0.2) is 41.0 Å². The number of nitrogens with one attached hydrogen (secondary N) is 1. The number of rotatable bonds is 6. The molecule has 140 valence electrons. The number of hydrogen-bond donors (Lipinski definition) is 1. The van der Waals surface area contributed by atoms with Gasteiger partial charge in [0.15, 0.2) is 0 Å². The molecule has 1 N–H and O–H groups in total. The molecule has 0 aliphatic carbocycles. The number of imide groups is 1. The Balaban J connectivity index is 2.09. The van der Waals surface area contributed by atoms with Gasteiger partial charge < -0.3 is 10.1 Å². The van der Waals surface area contributed by atoms with Gasteiger partial charge in [-0.15, -0.1) is 6.58 Å². The molecular weight excluding hydrogens is 332 g/mol. The summed E-state index contributed by atoms with van der Waals surface area (Å²) in [5.74, 6) is -0.768. The van der Waals surface area contributed by atoms with Crippen LogP contribution in [0.15, 0.2) is 36.9 Å². The van der Waals surface area contributed by atoms with E-state index in [4.69, 9.17) is 4.74 Å². The fraction of sp³-hybridized carbons (Fsp3) is 0.450. The van der Waals surface area contributed by atoms with Crippen LogP contribution < -0.4 is 5.32 Å². The van der Waals surface area contributed by atoms with Crippen molar-refractivity contribution >= 4 is 17.9 Å². The van der Waals surface area contributed by atoms with Gasteiger partial charge in [-0.05, 0) is 46.2 Å². The fourth-order valence-corrected chi connectivity index (χ4v) is 2.90. The van der Waals surface area contributed by atoms with E-state index in [1.807, 2.05) is 6.92 Å². The topological polar surface area (TPSA) is 75.7 Å². The van der Waals surface area contributed by atoms with E-state index in [1.165, 1.54) is 4.90 Å². The maximum Gasteiger partial charge on any atom is 0.407 e. The Morgan fingerprint density at radius 1 is 1.23 bits per heavy atom. The quantitative estimate of drug-likeness (QED) is 0.625.